The Balaban J connectivity index is 0.00000361. The third-order valence-electron chi connectivity index (χ3n) is 3.26. The minimum absolute atomic E-state index is 0. The van der Waals surface area contributed by atoms with E-state index in [9.17, 15) is 0 Å². The molecule has 3 N–H and O–H groups in total. The topological polar surface area (TPSA) is 50.4 Å². The van der Waals surface area contributed by atoms with Crippen LogP contribution in [-0.2, 0) is 5.41 Å². The largest absolute Gasteiger partial charge is 0.370 e. The second-order valence-corrected chi connectivity index (χ2v) is 5.99. The summed E-state index contributed by atoms with van der Waals surface area (Å²) in [6.45, 7) is 9.10. The molecule has 1 aromatic rings. The number of nitrogens with zero attached hydrogens (tertiary/aromatic N) is 1. The van der Waals surface area contributed by atoms with E-state index in [1.165, 1.54) is 5.56 Å². The summed E-state index contributed by atoms with van der Waals surface area (Å²) in [6, 6.07) is 8.24. The summed E-state index contributed by atoms with van der Waals surface area (Å²) in [6.07, 6.45) is 1.02. The Morgan fingerprint density at radius 1 is 1.45 bits per heavy atom. The number of guanidine groups is 1. The van der Waals surface area contributed by atoms with Crippen molar-refractivity contribution >= 4 is 41.5 Å². The Kier molecular flexibility index (Phi) is 8.51. The Hall–Kier alpha value is -0.490. The zero-order valence-corrected chi connectivity index (χ0v) is 15.7. The maximum absolute atomic E-state index is 6.03. The first-order chi connectivity index (χ1) is 8.85. The van der Waals surface area contributed by atoms with Crippen LogP contribution in [0.15, 0.2) is 29.3 Å². The average Bonchev–Trinajstić information content (AvgIpc) is 2.36. The van der Waals surface area contributed by atoms with Crippen molar-refractivity contribution in [1.29, 1.82) is 0 Å². The van der Waals surface area contributed by atoms with Crippen LogP contribution in [0.3, 0.4) is 0 Å². The summed E-state index contributed by atoms with van der Waals surface area (Å²) in [7, 11) is 0. The van der Waals surface area contributed by atoms with Gasteiger partial charge in [0.15, 0.2) is 5.96 Å². The molecular formula is C15H25ClIN3. The molecule has 0 fully saturated rings. The van der Waals surface area contributed by atoms with Gasteiger partial charge in [0.1, 0.15) is 0 Å². The van der Waals surface area contributed by atoms with E-state index in [4.69, 9.17) is 17.3 Å². The summed E-state index contributed by atoms with van der Waals surface area (Å²) < 4.78 is 0. The van der Waals surface area contributed by atoms with E-state index < -0.39 is 0 Å². The van der Waals surface area contributed by atoms with Gasteiger partial charge in [0, 0.05) is 16.5 Å². The Morgan fingerprint density at radius 3 is 2.65 bits per heavy atom. The lowest BCUT2D eigenvalue weighted by Gasteiger charge is -2.24. The molecule has 0 aromatic heterocycles. The highest BCUT2D eigenvalue weighted by Crippen LogP contribution is 2.25. The van der Waals surface area contributed by atoms with Crippen LogP contribution < -0.4 is 11.1 Å². The van der Waals surface area contributed by atoms with Crippen LogP contribution in [0, 0.1) is 0 Å². The maximum Gasteiger partial charge on any atom is 0.188 e. The van der Waals surface area contributed by atoms with Gasteiger partial charge in [-0.3, -0.25) is 4.99 Å². The molecule has 20 heavy (non-hydrogen) atoms. The van der Waals surface area contributed by atoms with Gasteiger partial charge in [-0.15, -0.1) is 24.0 Å². The Morgan fingerprint density at radius 2 is 2.10 bits per heavy atom. The van der Waals surface area contributed by atoms with Gasteiger partial charge in [0.05, 0.1) is 6.54 Å². The second-order valence-electron chi connectivity index (χ2n) is 5.55. The predicted molar refractivity (Wildman–Crippen MR) is 99.3 cm³/mol. The first kappa shape index (κ1) is 19.5. The molecule has 0 bridgehead atoms. The molecule has 114 valence electrons. The van der Waals surface area contributed by atoms with Gasteiger partial charge < -0.3 is 11.1 Å². The minimum atomic E-state index is -0.0906. The van der Waals surface area contributed by atoms with E-state index in [0.29, 0.717) is 18.5 Å². The highest BCUT2D eigenvalue weighted by Gasteiger charge is 2.20. The van der Waals surface area contributed by atoms with Crippen LogP contribution >= 0.6 is 35.6 Å². The van der Waals surface area contributed by atoms with Gasteiger partial charge >= 0.3 is 0 Å². The molecule has 1 unspecified atom stereocenters. The van der Waals surface area contributed by atoms with Gasteiger partial charge in [-0.05, 0) is 31.0 Å². The highest BCUT2D eigenvalue weighted by atomic mass is 127. The van der Waals surface area contributed by atoms with E-state index in [0.717, 1.165) is 11.4 Å². The van der Waals surface area contributed by atoms with Crippen molar-refractivity contribution in [2.75, 3.05) is 6.54 Å². The van der Waals surface area contributed by atoms with E-state index in [1.807, 2.05) is 18.2 Å². The van der Waals surface area contributed by atoms with Gasteiger partial charge in [-0.2, -0.15) is 0 Å². The van der Waals surface area contributed by atoms with E-state index in [2.05, 4.69) is 44.1 Å². The first-order valence-corrected chi connectivity index (χ1v) is 7.05. The SMILES string of the molecule is CCC(C)NC(N)=NCC(C)(C)c1cccc(Cl)c1.I. The normalized spacial score (nSPS) is 13.6. The monoisotopic (exact) mass is 409 g/mol. The fourth-order valence-electron chi connectivity index (χ4n) is 1.68. The minimum Gasteiger partial charge on any atom is -0.370 e. The molecular weight excluding hydrogens is 385 g/mol. The fourth-order valence-corrected chi connectivity index (χ4v) is 1.87. The second kappa shape index (κ2) is 8.72. The number of halogens is 2. The predicted octanol–water partition coefficient (Wildman–Crippen LogP) is 3.94. The van der Waals surface area contributed by atoms with Crippen molar-refractivity contribution < 1.29 is 0 Å². The number of nitrogens with one attached hydrogen (secondary N) is 1. The molecule has 1 aromatic carbocycles. The molecule has 3 nitrogen and oxygen atoms in total. The quantitative estimate of drug-likeness (QED) is 0.440. The first-order valence-electron chi connectivity index (χ1n) is 6.67. The van der Waals surface area contributed by atoms with Crippen molar-refractivity contribution in [2.45, 2.75) is 45.6 Å². The lowest BCUT2D eigenvalue weighted by molar-refractivity contribution is 0.536. The van der Waals surface area contributed by atoms with E-state index in [1.54, 1.807) is 0 Å². The van der Waals surface area contributed by atoms with E-state index in [-0.39, 0.29) is 29.4 Å². The van der Waals surface area contributed by atoms with Gasteiger partial charge in [-0.1, -0.05) is 44.5 Å². The molecule has 0 radical (unpaired) electrons. The zero-order chi connectivity index (χ0) is 14.5. The molecule has 0 aliphatic carbocycles. The highest BCUT2D eigenvalue weighted by molar-refractivity contribution is 14.0. The number of rotatable bonds is 5. The molecule has 0 heterocycles. The van der Waals surface area contributed by atoms with Crippen molar-refractivity contribution in [3.8, 4) is 0 Å². The molecule has 0 aliphatic heterocycles. The van der Waals surface area contributed by atoms with Crippen molar-refractivity contribution in [2.24, 2.45) is 10.7 Å². The maximum atomic E-state index is 6.03. The molecule has 5 heteroatoms. The van der Waals surface area contributed by atoms with Crippen molar-refractivity contribution in [3.05, 3.63) is 34.9 Å². The van der Waals surface area contributed by atoms with Crippen LogP contribution in [0.1, 0.15) is 39.7 Å². The molecule has 1 rings (SSSR count). The van der Waals surface area contributed by atoms with Crippen LogP contribution in [0.4, 0.5) is 0 Å². The summed E-state index contributed by atoms with van der Waals surface area (Å²) in [5.41, 5.74) is 6.95. The number of hydrogen-bond donors (Lipinski definition) is 2. The average molecular weight is 410 g/mol. The summed E-state index contributed by atoms with van der Waals surface area (Å²) >= 11 is 6.03. The third-order valence-corrected chi connectivity index (χ3v) is 3.49. The third kappa shape index (κ3) is 6.31. The van der Waals surface area contributed by atoms with Gasteiger partial charge in [0.2, 0.25) is 0 Å². The smallest absolute Gasteiger partial charge is 0.188 e. The fraction of sp³-hybridized carbons (Fsp3) is 0.533. The Labute approximate surface area is 144 Å². The molecule has 0 spiro atoms. The molecule has 0 aliphatic rings. The zero-order valence-electron chi connectivity index (χ0n) is 12.6. The summed E-state index contributed by atoms with van der Waals surface area (Å²) in [5, 5.41) is 3.92. The lowest BCUT2D eigenvalue weighted by Crippen LogP contribution is -2.39. The number of aliphatic imine (C=N–C) groups is 1. The lowest BCUT2D eigenvalue weighted by atomic mass is 9.85. The van der Waals surface area contributed by atoms with Crippen molar-refractivity contribution in [1.82, 2.24) is 5.32 Å². The van der Waals surface area contributed by atoms with Crippen LogP contribution in [-0.4, -0.2) is 18.5 Å². The molecule has 0 saturated heterocycles. The molecule has 1 atom stereocenters. The number of hydrogen-bond acceptors (Lipinski definition) is 1. The van der Waals surface area contributed by atoms with Crippen LogP contribution in [0.2, 0.25) is 5.02 Å². The van der Waals surface area contributed by atoms with E-state index >= 15 is 0 Å². The molecule has 0 amide bonds. The number of nitrogens with two attached hydrogens (primary N) is 1. The van der Waals surface area contributed by atoms with Gasteiger partial charge in [-0.25, -0.2) is 0 Å². The molecule has 0 saturated carbocycles. The summed E-state index contributed by atoms with van der Waals surface area (Å²) in [4.78, 5) is 4.43. The number of benzene rings is 1. The van der Waals surface area contributed by atoms with Crippen LogP contribution in [0.25, 0.3) is 0 Å². The van der Waals surface area contributed by atoms with Crippen molar-refractivity contribution in [3.63, 3.8) is 0 Å². The summed E-state index contributed by atoms with van der Waals surface area (Å²) in [5.74, 6) is 0.504. The standard InChI is InChI=1S/C15H24ClN3.HI/c1-5-11(2)19-14(17)18-10-15(3,4)12-7-6-8-13(16)9-12;/h6-9,11H,5,10H2,1-4H3,(H3,17,18,19);1H. The van der Waals surface area contributed by atoms with Crippen LogP contribution in [0.5, 0.6) is 0 Å². The Bertz CT molecular complexity index is 446. The van der Waals surface area contributed by atoms with Gasteiger partial charge in [0.25, 0.3) is 0 Å².